The lowest BCUT2D eigenvalue weighted by Gasteiger charge is -2.00. The van der Waals surface area contributed by atoms with Crippen LogP contribution in [-0.2, 0) is 6.42 Å². The second kappa shape index (κ2) is 7.16. The molecule has 0 saturated heterocycles. The van der Waals surface area contributed by atoms with Crippen LogP contribution in [0, 0.1) is 6.92 Å². The zero-order valence-corrected chi connectivity index (χ0v) is 15.0. The highest BCUT2D eigenvalue weighted by Crippen LogP contribution is 2.26. The van der Waals surface area contributed by atoms with Crippen LogP contribution >= 0.6 is 23.7 Å². The molecule has 0 unspecified atom stereocenters. The van der Waals surface area contributed by atoms with Crippen LogP contribution in [0.3, 0.4) is 0 Å². The van der Waals surface area contributed by atoms with Crippen molar-refractivity contribution in [1.82, 2.24) is 4.98 Å². The molecule has 24 heavy (non-hydrogen) atoms. The van der Waals surface area contributed by atoms with E-state index in [0.29, 0.717) is 0 Å². The third-order valence-corrected chi connectivity index (χ3v) is 4.84. The summed E-state index contributed by atoms with van der Waals surface area (Å²) in [7, 11) is 0. The van der Waals surface area contributed by atoms with Gasteiger partial charge in [-0.1, -0.05) is 54.1 Å². The Labute approximate surface area is 151 Å². The predicted octanol–water partition coefficient (Wildman–Crippen LogP) is 5.30. The zero-order valence-electron chi connectivity index (χ0n) is 13.3. The van der Waals surface area contributed by atoms with E-state index in [1.165, 1.54) is 16.7 Å². The number of thiazole rings is 1. The summed E-state index contributed by atoms with van der Waals surface area (Å²) in [5, 5.41) is 7.47. The SMILES string of the molecule is Cc1ccc(-c2csc(N/N=C3\CCc4ccccc43)n2)cc1.Cl. The number of nitrogens with one attached hydrogen (secondary N) is 1. The number of rotatable bonds is 3. The molecule has 1 aliphatic carbocycles. The maximum Gasteiger partial charge on any atom is 0.203 e. The Morgan fingerprint density at radius 2 is 1.83 bits per heavy atom. The monoisotopic (exact) mass is 355 g/mol. The summed E-state index contributed by atoms with van der Waals surface area (Å²) >= 11 is 1.58. The van der Waals surface area contributed by atoms with Gasteiger partial charge < -0.3 is 0 Å². The van der Waals surface area contributed by atoms with Gasteiger partial charge in [0.1, 0.15) is 0 Å². The number of aryl methyl sites for hydroxylation is 2. The van der Waals surface area contributed by atoms with Crippen LogP contribution in [0.2, 0.25) is 0 Å². The van der Waals surface area contributed by atoms with E-state index < -0.39 is 0 Å². The van der Waals surface area contributed by atoms with Crippen molar-refractivity contribution < 1.29 is 0 Å². The molecule has 0 amide bonds. The van der Waals surface area contributed by atoms with Gasteiger partial charge in [0, 0.05) is 16.5 Å². The molecule has 0 bridgehead atoms. The Kier molecular flexibility index (Phi) is 4.97. The molecule has 1 heterocycles. The maximum atomic E-state index is 4.63. The molecular formula is C19H18ClN3S. The molecule has 0 fully saturated rings. The number of hydrazone groups is 1. The number of benzene rings is 2. The molecule has 0 radical (unpaired) electrons. The maximum absolute atomic E-state index is 4.63. The van der Waals surface area contributed by atoms with Crippen molar-refractivity contribution in [3.05, 3.63) is 70.6 Å². The number of anilines is 1. The van der Waals surface area contributed by atoms with Crippen molar-refractivity contribution in [3.8, 4) is 11.3 Å². The number of fused-ring (bicyclic) bond motifs is 1. The number of hydrogen-bond donors (Lipinski definition) is 1. The second-order valence-corrected chi connectivity index (χ2v) is 6.59. The van der Waals surface area contributed by atoms with E-state index in [4.69, 9.17) is 0 Å². The highest BCUT2D eigenvalue weighted by molar-refractivity contribution is 7.14. The third-order valence-electron chi connectivity index (χ3n) is 4.10. The molecule has 1 aromatic heterocycles. The summed E-state index contributed by atoms with van der Waals surface area (Å²) in [6, 6.07) is 16.9. The molecule has 1 aliphatic rings. The lowest BCUT2D eigenvalue weighted by molar-refractivity contribution is 1.09. The zero-order chi connectivity index (χ0) is 15.6. The fourth-order valence-electron chi connectivity index (χ4n) is 2.82. The molecule has 0 aliphatic heterocycles. The lowest BCUT2D eigenvalue weighted by atomic mass is 10.1. The summed E-state index contributed by atoms with van der Waals surface area (Å²) in [6.45, 7) is 2.09. The van der Waals surface area contributed by atoms with Gasteiger partial charge in [0.25, 0.3) is 0 Å². The Morgan fingerprint density at radius 3 is 2.67 bits per heavy atom. The lowest BCUT2D eigenvalue weighted by Crippen LogP contribution is -1.99. The quantitative estimate of drug-likeness (QED) is 0.647. The van der Waals surface area contributed by atoms with E-state index in [9.17, 15) is 0 Å². The van der Waals surface area contributed by atoms with Crippen LogP contribution in [0.15, 0.2) is 59.0 Å². The van der Waals surface area contributed by atoms with Crippen LogP contribution in [0.25, 0.3) is 11.3 Å². The van der Waals surface area contributed by atoms with Crippen LogP contribution < -0.4 is 5.43 Å². The molecule has 0 saturated carbocycles. The fraction of sp³-hybridized carbons (Fsp3) is 0.158. The van der Waals surface area contributed by atoms with Crippen molar-refractivity contribution in [2.45, 2.75) is 19.8 Å². The molecule has 3 aromatic rings. The first-order chi connectivity index (χ1) is 11.3. The van der Waals surface area contributed by atoms with Crippen LogP contribution in [0.5, 0.6) is 0 Å². The van der Waals surface area contributed by atoms with Crippen LogP contribution in [-0.4, -0.2) is 10.7 Å². The van der Waals surface area contributed by atoms with Crippen LogP contribution in [0.4, 0.5) is 5.13 Å². The van der Waals surface area contributed by atoms with Crippen molar-refractivity contribution >= 4 is 34.6 Å². The third kappa shape index (κ3) is 3.35. The average molecular weight is 356 g/mol. The average Bonchev–Trinajstić information content (AvgIpc) is 3.20. The number of hydrogen-bond acceptors (Lipinski definition) is 4. The molecular weight excluding hydrogens is 338 g/mol. The highest BCUT2D eigenvalue weighted by Gasteiger charge is 2.16. The summed E-state index contributed by atoms with van der Waals surface area (Å²) < 4.78 is 0. The van der Waals surface area contributed by atoms with Gasteiger partial charge >= 0.3 is 0 Å². The van der Waals surface area contributed by atoms with E-state index in [-0.39, 0.29) is 12.4 Å². The van der Waals surface area contributed by atoms with Gasteiger partial charge in [-0.25, -0.2) is 4.98 Å². The minimum atomic E-state index is 0. The van der Waals surface area contributed by atoms with E-state index in [1.807, 2.05) is 0 Å². The summed E-state index contributed by atoms with van der Waals surface area (Å²) in [5.74, 6) is 0. The normalized spacial score (nSPS) is 14.3. The van der Waals surface area contributed by atoms with E-state index in [1.54, 1.807) is 11.3 Å². The first kappa shape index (κ1) is 16.7. The van der Waals surface area contributed by atoms with E-state index >= 15 is 0 Å². The van der Waals surface area contributed by atoms with Crippen molar-refractivity contribution in [1.29, 1.82) is 0 Å². The Balaban J connectivity index is 0.00000169. The summed E-state index contributed by atoms with van der Waals surface area (Å²) in [4.78, 5) is 4.63. The smallest absolute Gasteiger partial charge is 0.203 e. The minimum absolute atomic E-state index is 0. The van der Waals surface area contributed by atoms with Crippen LogP contribution in [0.1, 0.15) is 23.1 Å². The molecule has 2 aromatic carbocycles. The van der Waals surface area contributed by atoms with Crippen molar-refractivity contribution in [2.75, 3.05) is 5.43 Å². The summed E-state index contributed by atoms with van der Waals surface area (Å²) in [5.41, 5.74) is 10.3. The molecule has 3 nitrogen and oxygen atoms in total. The van der Waals surface area contributed by atoms with Gasteiger partial charge in [-0.15, -0.1) is 23.7 Å². The van der Waals surface area contributed by atoms with Crippen molar-refractivity contribution in [3.63, 3.8) is 0 Å². The highest BCUT2D eigenvalue weighted by atomic mass is 35.5. The first-order valence-electron chi connectivity index (χ1n) is 7.73. The standard InChI is InChI=1S/C19H17N3S.ClH/c1-13-6-8-15(9-7-13)18-12-23-19(20-18)22-21-17-11-10-14-4-2-3-5-16(14)17;/h2-9,12H,10-11H2,1H3,(H,20,22);1H/b21-17+;. The molecule has 4 rings (SSSR count). The topological polar surface area (TPSA) is 37.3 Å². The van der Waals surface area contributed by atoms with Gasteiger partial charge in [0.05, 0.1) is 11.4 Å². The fourth-order valence-corrected chi connectivity index (χ4v) is 3.48. The van der Waals surface area contributed by atoms with Gasteiger partial charge in [0.2, 0.25) is 5.13 Å². The second-order valence-electron chi connectivity index (χ2n) is 5.73. The number of aromatic nitrogens is 1. The van der Waals surface area contributed by atoms with Gasteiger partial charge in [-0.3, -0.25) is 5.43 Å². The Morgan fingerprint density at radius 1 is 1.04 bits per heavy atom. The Bertz CT molecular complexity index is 868. The van der Waals surface area contributed by atoms with Gasteiger partial charge in [-0.05, 0) is 25.3 Å². The predicted molar refractivity (Wildman–Crippen MR) is 104 cm³/mol. The number of nitrogens with zero attached hydrogens (tertiary/aromatic N) is 2. The largest absolute Gasteiger partial charge is 0.252 e. The minimum Gasteiger partial charge on any atom is -0.252 e. The summed E-state index contributed by atoms with van der Waals surface area (Å²) in [6.07, 6.45) is 2.06. The van der Waals surface area contributed by atoms with Gasteiger partial charge in [0.15, 0.2) is 0 Å². The first-order valence-corrected chi connectivity index (χ1v) is 8.61. The molecule has 0 spiro atoms. The molecule has 1 N–H and O–H groups in total. The van der Waals surface area contributed by atoms with E-state index in [0.717, 1.165) is 34.9 Å². The Hall–Kier alpha value is -2.17. The van der Waals surface area contributed by atoms with Crippen molar-refractivity contribution in [2.24, 2.45) is 5.10 Å². The van der Waals surface area contributed by atoms with E-state index in [2.05, 4.69) is 76.3 Å². The molecule has 5 heteroatoms. The molecule has 0 atom stereocenters. The van der Waals surface area contributed by atoms with Gasteiger partial charge in [-0.2, -0.15) is 5.10 Å². The number of halogens is 1. The molecule has 122 valence electrons.